The molecule has 0 fully saturated rings. The number of fused-ring (bicyclic) bond motifs is 1. The number of amidine groups is 2. The number of rotatable bonds is 9. The molecule has 2 aromatic rings. The predicted molar refractivity (Wildman–Crippen MR) is 149 cm³/mol. The Kier molecular flexibility index (Phi) is 8.24. The van der Waals surface area contributed by atoms with Gasteiger partial charge in [0.1, 0.15) is 24.0 Å². The number of benzene rings is 2. The molecule has 37 heavy (non-hydrogen) atoms. The highest BCUT2D eigenvalue weighted by molar-refractivity contribution is 8.27. The fourth-order valence-electron chi connectivity index (χ4n) is 3.80. The second-order valence-corrected chi connectivity index (χ2v) is 10.2. The van der Waals surface area contributed by atoms with Crippen molar-refractivity contribution in [3.8, 4) is 17.2 Å². The number of aliphatic imine (C=N–C) groups is 1. The molecule has 0 aliphatic carbocycles. The molecule has 1 amide bonds. The first kappa shape index (κ1) is 26.8. The number of carbonyl (C=O) groups is 1. The van der Waals surface area contributed by atoms with E-state index < -0.39 is 5.91 Å². The molecule has 10 heteroatoms. The van der Waals surface area contributed by atoms with E-state index in [9.17, 15) is 4.79 Å². The number of amides is 1. The molecule has 0 atom stereocenters. The van der Waals surface area contributed by atoms with Crippen molar-refractivity contribution >= 4 is 51.4 Å². The molecule has 0 aromatic heterocycles. The summed E-state index contributed by atoms with van der Waals surface area (Å²) in [7, 11) is 0. The molecule has 0 spiro atoms. The average Bonchev–Trinajstić information content (AvgIpc) is 3.27. The summed E-state index contributed by atoms with van der Waals surface area (Å²) in [6.45, 7) is 10.9. The lowest BCUT2D eigenvalue weighted by atomic mass is 10.1. The van der Waals surface area contributed by atoms with Crippen molar-refractivity contribution in [3.63, 3.8) is 0 Å². The van der Waals surface area contributed by atoms with E-state index in [0.717, 1.165) is 21.9 Å². The van der Waals surface area contributed by atoms with Crippen LogP contribution < -0.4 is 14.2 Å². The van der Waals surface area contributed by atoms with Gasteiger partial charge >= 0.3 is 0 Å². The summed E-state index contributed by atoms with van der Waals surface area (Å²) in [5.41, 5.74) is 2.82. The Balaban J connectivity index is 1.53. The van der Waals surface area contributed by atoms with Crippen LogP contribution in [0.25, 0.3) is 6.08 Å². The lowest BCUT2D eigenvalue weighted by Crippen LogP contribution is -2.35. The van der Waals surface area contributed by atoms with Crippen molar-refractivity contribution in [2.45, 2.75) is 34.6 Å². The minimum atomic E-state index is -0.498. The summed E-state index contributed by atoms with van der Waals surface area (Å²) in [6, 6.07) is 9.39. The van der Waals surface area contributed by atoms with Crippen molar-refractivity contribution < 1.29 is 19.0 Å². The zero-order valence-corrected chi connectivity index (χ0v) is 23.0. The maximum atomic E-state index is 12.7. The highest BCUT2D eigenvalue weighted by atomic mass is 35.5. The summed E-state index contributed by atoms with van der Waals surface area (Å²) >= 11 is 7.88. The third-order valence-electron chi connectivity index (χ3n) is 5.59. The maximum absolute atomic E-state index is 12.7. The molecule has 1 N–H and O–H groups in total. The molecule has 2 heterocycles. The summed E-state index contributed by atoms with van der Waals surface area (Å²) < 4.78 is 17.6. The van der Waals surface area contributed by atoms with Gasteiger partial charge in [-0.1, -0.05) is 43.6 Å². The number of hydrogen-bond acceptors (Lipinski definition) is 7. The van der Waals surface area contributed by atoms with Crippen LogP contribution in [0, 0.1) is 25.2 Å². The molecule has 0 saturated heterocycles. The van der Waals surface area contributed by atoms with E-state index in [2.05, 4.69) is 10.1 Å². The number of nitrogens with zero attached hydrogens (tertiary/aromatic N) is 3. The summed E-state index contributed by atoms with van der Waals surface area (Å²) in [4.78, 5) is 16.9. The van der Waals surface area contributed by atoms with Gasteiger partial charge in [0.25, 0.3) is 5.91 Å². The monoisotopic (exact) mass is 540 g/mol. The molecule has 0 bridgehead atoms. The number of hydrazone groups is 1. The molecule has 0 radical (unpaired) electrons. The smallest absolute Gasteiger partial charge is 0.283 e. The number of nitrogens with one attached hydrogen (secondary N) is 1. The number of thioether (sulfide) groups is 1. The van der Waals surface area contributed by atoms with Crippen LogP contribution in [0.3, 0.4) is 0 Å². The molecule has 194 valence electrons. The standard InChI is InChI=1S/C27H29ClN4O4S/c1-6-34-21-14-18(12-19-24(29)32-27(30-25(19)33)37-26(31-32)15(2)3)13-20(28)23(21)36-11-10-35-22-16(4)8-7-9-17(22)5/h7-9,12-15,29H,6,10-11H2,1-5H3/b19-12-,29-24?. The quantitative estimate of drug-likeness (QED) is 0.305. The van der Waals surface area contributed by atoms with Gasteiger partial charge in [0.2, 0.25) is 5.17 Å². The van der Waals surface area contributed by atoms with E-state index in [4.69, 9.17) is 31.2 Å². The van der Waals surface area contributed by atoms with Crippen LogP contribution in [-0.4, -0.2) is 46.8 Å². The van der Waals surface area contributed by atoms with Crippen LogP contribution >= 0.6 is 23.4 Å². The number of para-hydroxylation sites is 1. The van der Waals surface area contributed by atoms with Gasteiger partial charge in [0.15, 0.2) is 17.3 Å². The van der Waals surface area contributed by atoms with Crippen molar-refractivity contribution in [2.24, 2.45) is 16.0 Å². The zero-order chi connectivity index (χ0) is 26.7. The van der Waals surface area contributed by atoms with E-state index in [-0.39, 0.29) is 23.9 Å². The SMILES string of the molecule is CCOc1cc(/C=C2/C(=N)N3N=C(C(C)C)SC3=NC2=O)cc(Cl)c1OCCOc1c(C)cccc1C. The molecule has 2 aromatic carbocycles. The Hall–Kier alpha value is -3.30. The van der Waals surface area contributed by atoms with Crippen molar-refractivity contribution in [1.82, 2.24) is 5.01 Å². The fraction of sp³-hybridized carbons (Fsp3) is 0.333. The Morgan fingerprint density at radius 3 is 2.43 bits per heavy atom. The molecular formula is C27H29ClN4O4S. The summed E-state index contributed by atoms with van der Waals surface area (Å²) in [6.07, 6.45) is 1.57. The Morgan fingerprint density at radius 1 is 1.11 bits per heavy atom. The van der Waals surface area contributed by atoms with Crippen molar-refractivity contribution in [3.05, 3.63) is 57.6 Å². The van der Waals surface area contributed by atoms with E-state index >= 15 is 0 Å². The molecule has 4 rings (SSSR count). The van der Waals surface area contributed by atoms with Gasteiger partial charge < -0.3 is 14.2 Å². The van der Waals surface area contributed by atoms with Gasteiger partial charge in [-0.15, -0.1) is 0 Å². The Bertz CT molecular complexity index is 1320. The Morgan fingerprint density at radius 2 is 1.78 bits per heavy atom. The van der Waals surface area contributed by atoms with E-state index in [1.165, 1.54) is 16.8 Å². The first-order valence-electron chi connectivity index (χ1n) is 12.0. The lowest BCUT2D eigenvalue weighted by molar-refractivity contribution is -0.114. The largest absolute Gasteiger partial charge is 0.490 e. The van der Waals surface area contributed by atoms with Gasteiger partial charge in [0, 0.05) is 5.92 Å². The number of aryl methyl sites for hydroxylation is 2. The lowest BCUT2D eigenvalue weighted by Gasteiger charge is -2.20. The first-order chi connectivity index (χ1) is 17.7. The van der Waals surface area contributed by atoms with Gasteiger partial charge in [-0.05, 0) is 67.4 Å². The highest BCUT2D eigenvalue weighted by Crippen LogP contribution is 2.38. The molecule has 0 unspecified atom stereocenters. The van der Waals surface area contributed by atoms with E-state index in [1.54, 1.807) is 18.2 Å². The van der Waals surface area contributed by atoms with Gasteiger partial charge in [-0.3, -0.25) is 10.2 Å². The summed E-state index contributed by atoms with van der Waals surface area (Å²) in [5, 5.41) is 15.9. The first-order valence-corrected chi connectivity index (χ1v) is 13.2. The second-order valence-electron chi connectivity index (χ2n) is 8.79. The second kappa shape index (κ2) is 11.4. The molecule has 2 aliphatic heterocycles. The molecule has 2 aliphatic rings. The maximum Gasteiger partial charge on any atom is 0.283 e. The van der Waals surface area contributed by atoms with E-state index in [0.29, 0.717) is 40.5 Å². The molecule has 0 saturated carbocycles. The number of hydrogen-bond donors (Lipinski definition) is 1. The zero-order valence-electron chi connectivity index (χ0n) is 21.4. The van der Waals surface area contributed by atoms with Crippen LogP contribution in [0.2, 0.25) is 5.02 Å². The predicted octanol–water partition coefficient (Wildman–Crippen LogP) is 6.09. The normalized spacial score (nSPS) is 16.2. The average molecular weight is 541 g/mol. The topological polar surface area (TPSA) is 96.6 Å². The molecular weight excluding hydrogens is 512 g/mol. The third kappa shape index (κ3) is 5.83. The van der Waals surface area contributed by atoms with Crippen LogP contribution in [0.1, 0.15) is 37.5 Å². The van der Waals surface area contributed by atoms with Crippen LogP contribution in [-0.2, 0) is 4.79 Å². The minimum absolute atomic E-state index is 0.0313. The van der Waals surface area contributed by atoms with Crippen molar-refractivity contribution in [1.29, 1.82) is 5.41 Å². The minimum Gasteiger partial charge on any atom is -0.490 e. The fourth-order valence-corrected chi connectivity index (χ4v) is 4.96. The van der Waals surface area contributed by atoms with Gasteiger partial charge in [-0.2, -0.15) is 15.1 Å². The van der Waals surface area contributed by atoms with Crippen LogP contribution in [0.5, 0.6) is 17.2 Å². The number of carbonyl (C=O) groups excluding carboxylic acids is 1. The van der Waals surface area contributed by atoms with Gasteiger partial charge in [-0.25, -0.2) is 0 Å². The third-order valence-corrected chi connectivity index (χ3v) is 7.08. The van der Waals surface area contributed by atoms with Gasteiger partial charge in [0.05, 0.1) is 17.2 Å². The van der Waals surface area contributed by atoms with Crippen LogP contribution in [0.4, 0.5) is 0 Å². The molecule has 8 nitrogen and oxygen atoms in total. The Labute approximate surface area is 225 Å². The van der Waals surface area contributed by atoms with Crippen molar-refractivity contribution in [2.75, 3.05) is 19.8 Å². The summed E-state index contributed by atoms with van der Waals surface area (Å²) in [5.74, 6) is 1.31. The van der Waals surface area contributed by atoms with E-state index in [1.807, 2.05) is 52.8 Å². The number of halogens is 1. The highest BCUT2D eigenvalue weighted by Gasteiger charge is 2.36. The van der Waals surface area contributed by atoms with Crippen LogP contribution in [0.15, 0.2) is 46.0 Å². The number of ether oxygens (including phenoxy) is 3.